The van der Waals surface area contributed by atoms with Crippen molar-refractivity contribution in [1.29, 1.82) is 0 Å². The Morgan fingerprint density at radius 2 is 1.78 bits per heavy atom. The molecule has 0 atom stereocenters. The maximum atomic E-state index is 15.4. The molecule has 0 radical (unpaired) electrons. The third-order valence-corrected chi connectivity index (χ3v) is 6.70. The van der Waals surface area contributed by atoms with Gasteiger partial charge in [-0.25, -0.2) is 17.2 Å². The van der Waals surface area contributed by atoms with Crippen LogP contribution in [0.2, 0.25) is 0 Å². The molecule has 0 bridgehead atoms. The lowest BCUT2D eigenvalue weighted by Gasteiger charge is -2.35. The van der Waals surface area contributed by atoms with Crippen LogP contribution < -0.4 is 5.32 Å². The molecule has 3 heterocycles. The van der Waals surface area contributed by atoms with Gasteiger partial charge in [0.05, 0.1) is 34.9 Å². The third kappa shape index (κ3) is 2.77. The lowest BCUT2D eigenvalue weighted by atomic mass is 9.92. The van der Waals surface area contributed by atoms with Crippen LogP contribution in [0.15, 0.2) is 24.4 Å². The minimum absolute atomic E-state index is 0.0838. The normalized spacial score (nSPS) is 14.8. The van der Waals surface area contributed by atoms with Gasteiger partial charge >= 0.3 is 0 Å². The van der Waals surface area contributed by atoms with E-state index in [2.05, 4.69) is 20.6 Å². The van der Waals surface area contributed by atoms with Gasteiger partial charge < -0.3 is 5.32 Å². The Balaban J connectivity index is 1.86. The molecule has 2 aromatic carbocycles. The highest BCUT2D eigenvalue weighted by atomic mass is 32.2. The Hall–Kier alpha value is -3.34. The van der Waals surface area contributed by atoms with Crippen LogP contribution in [0.1, 0.15) is 31.1 Å². The van der Waals surface area contributed by atoms with Gasteiger partial charge in [-0.15, -0.1) is 10.2 Å². The Kier molecular flexibility index (Phi) is 4.08. The number of halogens is 2. The van der Waals surface area contributed by atoms with E-state index >= 15 is 4.39 Å². The average Bonchev–Trinajstić information content (AvgIpc) is 3.28. The minimum Gasteiger partial charge on any atom is -0.369 e. The van der Waals surface area contributed by atoms with Gasteiger partial charge in [0.15, 0.2) is 5.82 Å². The largest absolute Gasteiger partial charge is 0.369 e. The van der Waals surface area contributed by atoms with Gasteiger partial charge in [0, 0.05) is 11.5 Å². The number of aromatic nitrogens is 5. The molecule has 11 heteroatoms. The van der Waals surface area contributed by atoms with Gasteiger partial charge in [-0.3, -0.25) is 4.57 Å². The second kappa shape index (κ2) is 6.35. The van der Waals surface area contributed by atoms with Gasteiger partial charge in [-0.2, -0.15) is 9.19 Å². The number of hydrogen-bond acceptors (Lipinski definition) is 6. The zero-order chi connectivity index (χ0) is 23.2. The lowest BCUT2D eigenvalue weighted by molar-refractivity contribution is 0.521. The smallest absolute Gasteiger partial charge is 0.251 e. The zero-order valence-electron chi connectivity index (χ0n) is 18.0. The van der Waals surface area contributed by atoms with Crippen molar-refractivity contribution in [2.75, 3.05) is 11.6 Å². The first-order chi connectivity index (χ1) is 14.9. The number of anilines is 1. The van der Waals surface area contributed by atoms with Crippen molar-refractivity contribution in [2.45, 2.75) is 33.2 Å². The number of rotatable bonds is 2. The monoisotopic (exact) mass is 458 g/mol. The number of hydrogen-bond donors (Lipinski definition) is 1. The lowest BCUT2D eigenvalue weighted by Crippen LogP contribution is -2.37. The first-order valence-electron chi connectivity index (χ1n) is 9.82. The number of nitrogens with zero attached hydrogens (tertiary/aromatic N) is 5. The SMILES string of the molecule is Cc1c(-c2cc(F)cc3c2cnn3S(C)(=O)=O)cc(F)c2c1-n1c(C)nnc1C(C)(C)N2. The summed E-state index contributed by atoms with van der Waals surface area (Å²) in [6.45, 7) is 7.35. The summed E-state index contributed by atoms with van der Waals surface area (Å²) in [6.07, 6.45) is 2.33. The predicted octanol–water partition coefficient (Wildman–Crippen LogP) is 3.65. The van der Waals surface area contributed by atoms with E-state index in [-0.39, 0.29) is 5.52 Å². The fraction of sp³-hybridized carbons (Fsp3) is 0.286. The predicted molar refractivity (Wildman–Crippen MR) is 116 cm³/mol. The van der Waals surface area contributed by atoms with Crippen molar-refractivity contribution in [3.63, 3.8) is 0 Å². The maximum Gasteiger partial charge on any atom is 0.251 e. The number of fused-ring (bicyclic) bond motifs is 4. The molecule has 1 N–H and O–H groups in total. The van der Waals surface area contributed by atoms with E-state index in [1.165, 1.54) is 18.3 Å². The highest BCUT2D eigenvalue weighted by molar-refractivity contribution is 7.89. The van der Waals surface area contributed by atoms with E-state index < -0.39 is 27.2 Å². The van der Waals surface area contributed by atoms with Crippen molar-refractivity contribution in [2.24, 2.45) is 0 Å². The maximum absolute atomic E-state index is 15.4. The highest BCUT2D eigenvalue weighted by Crippen LogP contribution is 2.44. The number of benzene rings is 2. The summed E-state index contributed by atoms with van der Waals surface area (Å²) in [5, 5.41) is 15.9. The Labute approximate surface area is 182 Å². The Morgan fingerprint density at radius 1 is 1.06 bits per heavy atom. The van der Waals surface area contributed by atoms with Crippen molar-refractivity contribution in [3.8, 4) is 16.8 Å². The van der Waals surface area contributed by atoms with Crippen LogP contribution >= 0.6 is 0 Å². The minimum atomic E-state index is -3.75. The molecule has 0 fully saturated rings. The van der Waals surface area contributed by atoms with Crippen molar-refractivity contribution < 1.29 is 17.2 Å². The van der Waals surface area contributed by atoms with Gasteiger partial charge in [0.2, 0.25) is 0 Å². The topological polar surface area (TPSA) is 94.7 Å². The fourth-order valence-corrected chi connectivity index (χ4v) is 5.10. The summed E-state index contributed by atoms with van der Waals surface area (Å²) >= 11 is 0. The summed E-state index contributed by atoms with van der Waals surface area (Å²) in [7, 11) is -3.75. The molecule has 0 unspecified atom stereocenters. The molecule has 0 amide bonds. The van der Waals surface area contributed by atoms with Gasteiger partial charge in [0.25, 0.3) is 10.0 Å². The molecule has 166 valence electrons. The standard InChI is InChI=1S/C21H20F2N6O2S/c1-10-13(14-6-12(22)7-17-15(14)9-24-29(17)32(5,30)31)8-16(23)18-19(10)28-11(2)26-27-20(28)21(3,4)25-18/h6-9,25H,1-5H3. The molecular weight excluding hydrogens is 438 g/mol. The molecule has 0 spiro atoms. The van der Waals surface area contributed by atoms with Crippen molar-refractivity contribution >= 4 is 26.6 Å². The van der Waals surface area contributed by atoms with Crippen LogP contribution in [-0.4, -0.2) is 38.6 Å². The van der Waals surface area contributed by atoms with Crippen LogP contribution in [-0.2, 0) is 15.6 Å². The summed E-state index contributed by atoms with van der Waals surface area (Å²) in [6, 6.07) is 3.68. The summed E-state index contributed by atoms with van der Waals surface area (Å²) in [4.78, 5) is 0. The van der Waals surface area contributed by atoms with E-state index in [1.54, 1.807) is 18.4 Å². The molecule has 0 saturated carbocycles. The Bertz CT molecular complexity index is 1550. The van der Waals surface area contributed by atoms with Crippen molar-refractivity contribution in [1.82, 2.24) is 24.0 Å². The molecule has 8 nitrogen and oxygen atoms in total. The van der Waals surface area contributed by atoms with Crippen LogP contribution in [0, 0.1) is 25.5 Å². The third-order valence-electron chi connectivity index (χ3n) is 5.78. The zero-order valence-corrected chi connectivity index (χ0v) is 18.8. The molecule has 1 aliphatic heterocycles. The van der Waals surface area contributed by atoms with Gasteiger partial charge in [0.1, 0.15) is 17.5 Å². The summed E-state index contributed by atoms with van der Waals surface area (Å²) in [5.41, 5.74) is 1.67. The summed E-state index contributed by atoms with van der Waals surface area (Å²) < 4.78 is 56.7. The first-order valence-corrected chi connectivity index (χ1v) is 11.7. The average molecular weight is 458 g/mol. The van der Waals surface area contributed by atoms with Crippen molar-refractivity contribution in [3.05, 3.63) is 53.2 Å². The highest BCUT2D eigenvalue weighted by Gasteiger charge is 2.37. The molecule has 32 heavy (non-hydrogen) atoms. The second-order valence-electron chi connectivity index (χ2n) is 8.55. The molecule has 0 aliphatic carbocycles. The fourth-order valence-electron chi connectivity index (χ4n) is 4.37. The second-order valence-corrected chi connectivity index (χ2v) is 10.4. The van der Waals surface area contributed by atoms with Gasteiger partial charge in [-0.1, -0.05) is 0 Å². The van der Waals surface area contributed by atoms with Crippen LogP contribution in [0.3, 0.4) is 0 Å². The van der Waals surface area contributed by atoms with E-state index in [4.69, 9.17) is 0 Å². The Morgan fingerprint density at radius 3 is 2.47 bits per heavy atom. The van der Waals surface area contributed by atoms with Crippen LogP contribution in [0.25, 0.3) is 27.7 Å². The molecule has 0 saturated heterocycles. The van der Waals surface area contributed by atoms with Crippen LogP contribution in [0.4, 0.5) is 14.5 Å². The quantitative estimate of drug-likeness (QED) is 0.493. The van der Waals surface area contributed by atoms with E-state index in [0.29, 0.717) is 45.1 Å². The van der Waals surface area contributed by atoms with Gasteiger partial charge in [-0.05, 0) is 56.5 Å². The first kappa shape index (κ1) is 20.6. The molecule has 5 rings (SSSR count). The van der Waals surface area contributed by atoms with E-state index in [1.807, 2.05) is 13.8 Å². The molecule has 1 aliphatic rings. The summed E-state index contributed by atoms with van der Waals surface area (Å²) in [5.74, 6) is 0.0254. The number of nitrogens with one attached hydrogen (secondary N) is 1. The van der Waals surface area contributed by atoms with Crippen LogP contribution in [0.5, 0.6) is 0 Å². The van der Waals surface area contributed by atoms with E-state index in [0.717, 1.165) is 16.4 Å². The molecular formula is C21H20F2N6O2S. The molecule has 2 aromatic heterocycles. The number of aryl methyl sites for hydroxylation is 1. The van der Waals surface area contributed by atoms with E-state index in [9.17, 15) is 12.8 Å². The molecule has 4 aromatic rings.